The van der Waals surface area contributed by atoms with Gasteiger partial charge in [0.1, 0.15) is 11.8 Å². The number of nitrogens with one attached hydrogen (secondary N) is 2. The Kier molecular flexibility index (Phi) is 6.44. The van der Waals surface area contributed by atoms with Gasteiger partial charge in [-0.05, 0) is 47.8 Å². The second-order valence-corrected chi connectivity index (χ2v) is 11.3. The number of H-pyrrole nitrogens is 1. The van der Waals surface area contributed by atoms with Crippen LogP contribution in [-0.2, 0) is 18.2 Å². The van der Waals surface area contributed by atoms with Gasteiger partial charge in [0.15, 0.2) is 11.5 Å². The number of pyridine rings is 1. The summed E-state index contributed by atoms with van der Waals surface area (Å²) in [7, 11) is 1.98. The summed E-state index contributed by atoms with van der Waals surface area (Å²) < 4.78 is 7.47. The van der Waals surface area contributed by atoms with E-state index >= 15 is 0 Å². The Morgan fingerprint density at radius 2 is 2.00 bits per heavy atom. The number of aromatic amines is 1. The van der Waals surface area contributed by atoms with Gasteiger partial charge in [0.2, 0.25) is 0 Å². The van der Waals surface area contributed by atoms with E-state index in [4.69, 9.17) is 9.72 Å². The van der Waals surface area contributed by atoms with Gasteiger partial charge in [0, 0.05) is 50.2 Å². The van der Waals surface area contributed by atoms with Crippen molar-refractivity contribution in [1.82, 2.24) is 39.6 Å². The van der Waals surface area contributed by atoms with Crippen LogP contribution >= 0.6 is 0 Å². The highest BCUT2D eigenvalue weighted by molar-refractivity contribution is 5.99. The zero-order chi connectivity index (χ0) is 27.2. The molecular formula is C30H35N9O. The summed E-state index contributed by atoms with van der Waals surface area (Å²) in [6.07, 6.45) is 9.39. The zero-order valence-electron chi connectivity index (χ0n) is 23.3. The van der Waals surface area contributed by atoms with Crippen molar-refractivity contribution in [2.75, 3.05) is 38.2 Å². The maximum absolute atomic E-state index is 5.59. The van der Waals surface area contributed by atoms with Gasteiger partial charge in [0.25, 0.3) is 0 Å². The minimum absolute atomic E-state index is 0.0710. The molecule has 1 saturated heterocycles. The number of ether oxygens (including phenoxy) is 1. The maximum atomic E-state index is 5.59. The van der Waals surface area contributed by atoms with Crippen LogP contribution in [0.25, 0.3) is 33.1 Å². The number of morpholine rings is 1. The van der Waals surface area contributed by atoms with Crippen LogP contribution in [0.3, 0.4) is 0 Å². The van der Waals surface area contributed by atoms with Crippen molar-refractivity contribution in [3.8, 4) is 11.1 Å². The summed E-state index contributed by atoms with van der Waals surface area (Å²) in [4.78, 5) is 24.0. The number of rotatable bonds is 8. The number of imidazole rings is 1. The van der Waals surface area contributed by atoms with Crippen LogP contribution in [0.1, 0.15) is 49.2 Å². The lowest BCUT2D eigenvalue weighted by molar-refractivity contribution is 0.0384. The highest BCUT2D eigenvalue weighted by Crippen LogP contribution is 2.49. The Hall–Kier alpha value is -3.89. The Morgan fingerprint density at radius 3 is 2.77 bits per heavy atom. The molecule has 1 unspecified atom stereocenters. The Bertz CT molecular complexity index is 1670. The molecule has 10 nitrogen and oxygen atoms in total. The van der Waals surface area contributed by atoms with Crippen LogP contribution in [0.15, 0.2) is 43.2 Å². The van der Waals surface area contributed by atoms with Crippen molar-refractivity contribution in [3.05, 3.63) is 60.2 Å². The fourth-order valence-corrected chi connectivity index (χ4v) is 5.96. The number of fused-ring (bicyclic) bond motifs is 2. The molecule has 10 heteroatoms. The molecule has 2 N–H and O–H groups in total. The average molecular weight is 538 g/mol. The average Bonchev–Trinajstić information content (AvgIpc) is 3.31. The van der Waals surface area contributed by atoms with Crippen LogP contribution in [0.5, 0.6) is 0 Å². The van der Waals surface area contributed by atoms with E-state index in [0.717, 1.165) is 73.5 Å². The summed E-state index contributed by atoms with van der Waals surface area (Å²) in [6, 6.07) is 6.98. The lowest BCUT2D eigenvalue weighted by Crippen LogP contribution is -2.37. The first-order chi connectivity index (χ1) is 19.5. The molecule has 2 fully saturated rings. The van der Waals surface area contributed by atoms with Gasteiger partial charge in [-0.25, -0.2) is 15.0 Å². The molecule has 206 valence electrons. The Labute approximate surface area is 233 Å². The van der Waals surface area contributed by atoms with Gasteiger partial charge >= 0.3 is 0 Å². The number of hydrogen-bond acceptors (Lipinski definition) is 8. The lowest BCUT2D eigenvalue weighted by atomic mass is 9.92. The first kappa shape index (κ1) is 25.1. The first-order valence-corrected chi connectivity index (χ1v) is 14.2. The van der Waals surface area contributed by atoms with Gasteiger partial charge in [-0.15, -0.1) is 0 Å². The van der Waals surface area contributed by atoms with Crippen molar-refractivity contribution in [3.63, 3.8) is 0 Å². The van der Waals surface area contributed by atoms with E-state index in [0.29, 0.717) is 11.6 Å². The monoisotopic (exact) mass is 537 g/mol. The van der Waals surface area contributed by atoms with Gasteiger partial charge in [-0.1, -0.05) is 19.1 Å². The van der Waals surface area contributed by atoms with Gasteiger partial charge < -0.3 is 15.0 Å². The SMILES string of the molecule is CC1C[C@@H]1c1cc(-c2cnn(C)c2)c2c(CCN3CCOCC3)nc([C@H](C)Nc3ncnc4nc[nH]c34)cc2c1. The highest BCUT2D eigenvalue weighted by atomic mass is 16.5. The minimum Gasteiger partial charge on any atom is -0.379 e. The molecule has 4 aromatic heterocycles. The molecule has 1 aromatic carbocycles. The van der Waals surface area contributed by atoms with Crippen LogP contribution in [-0.4, -0.2) is 72.4 Å². The van der Waals surface area contributed by atoms with Crippen molar-refractivity contribution < 1.29 is 4.74 Å². The molecule has 3 atom stereocenters. The van der Waals surface area contributed by atoms with Crippen LogP contribution < -0.4 is 5.32 Å². The molecule has 2 aliphatic rings. The summed E-state index contributed by atoms with van der Waals surface area (Å²) in [5, 5.41) is 10.5. The molecule has 0 spiro atoms. The normalized spacial score (nSPS) is 20.3. The predicted molar refractivity (Wildman–Crippen MR) is 155 cm³/mol. The molecule has 0 radical (unpaired) electrons. The number of benzene rings is 1. The van der Waals surface area contributed by atoms with Gasteiger partial charge in [-0.2, -0.15) is 5.10 Å². The van der Waals surface area contributed by atoms with E-state index in [1.165, 1.54) is 28.3 Å². The summed E-state index contributed by atoms with van der Waals surface area (Å²) >= 11 is 0. The highest BCUT2D eigenvalue weighted by Gasteiger charge is 2.34. The van der Waals surface area contributed by atoms with Gasteiger partial charge in [-0.3, -0.25) is 14.6 Å². The molecule has 5 heterocycles. The molecule has 40 heavy (non-hydrogen) atoms. The van der Waals surface area contributed by atoms with E-state index < -0.39 is 0 Å². The predicted octanol–water partition coefficient (Wildman–Crippen LogP) is 4.47. The fourth-order valence-electron chi connectivity index (χ4n) is 5.96. The number of anilines is 1. The third-order valence-corrected chi connectivity index (χ3v) is 8.39. The molecule has 0 amide bonds. The second kappa shape index (κ2) is 10.3. The summed E-state index contributed by atoms with van der Waals surface area (Å²) in [6.45, 7) is 8.93. The molecule has 5 aromatic rings. The van der Waals surface area contributed by atoms with E-state index in [1.54, 1.807) is 12.7 Å². The van der Waals surface area contributed by atoms with E-state index in [9.17, 15) is 0 Å². The molecule has 0 bridgehead atoms. The largest absolute Gasteiger partial charge is 0.379 e. The molecule has 1 aliphatic carbocycles. The van der Waals surface area contributed by atoms with Crippen molar-refractivity contribution in [1.29, 1.82) is 0 Å². The van der Waals surface area contributed by atoms with Crippen molar-refractivity contribution in [2.24, 2.45) is 13.0 Å². The topological polar surface area (TPSA) is 110 Å². The first-order valence-electron chi connectivity index (χ1n) is 14.2. The smallest absolute Gasteiger partial charge is 0.182 e. The quantitative estimate of drug-likeness (QED) is 0.298. The molecule has 7 rings (SSSR count). The zero-order valence-corrected chi connectivity index (χ0v) is 23.3. The number of aryl methyl sites for hydroxylation is 1. The minimum atomic E-state index is -0.0710. The Morgan fingerprint density at radius 1 is 1.15 bits per heavy atom. The van der Waals surface area contributed by atoms with E-state index in [1.807, 2.05) is 17.9 Å². The molecule has 1 saturated carbocycles. The lowest BCUT2D eigenvalue weighted by Gasteiger charge is -2.27. The summed E-state index contributed by atoms with van der Waals surface area (Å²) in [5.74, 6) is 2.05. The van der Waals surface area contributed by atoms with Gasteiger partial charge in [0.05, 0.1) is 43.2 Å². The summed E-state index contributed by atoms with van der Waals surface area (Å²) in [5.41, 5.74) is 7.33. The van der Waals surface area contributed by atoms with Crippen LogP contribution in [0.2, 0.25) is 0 Å². The maximum Gasteiger partial charge on any atom is 0.182 e. The van der Waals surface area contributed by atoms with Crippen molar-refractivity contribution >= 4 is 27.8 Å². The van der Waals surface area contributed by atoms with Crippen molar-refractivity contribution in [2.45, 2.75) is 38.6 Å². The number of nitrogens with zero attached hydrogens (tertiary/aromatic N) is 7. The van der Waals surface area contributed by atoms with Crippen LogP contribution in [0, 0.1) is 5.92 Å². The number of aromatic nitrogens is 7. The Balaban J connectivity index is 1.33. The third-order valence-electron chi connectivity index (χ3n) is 8.39. The standard InChI is InChI=1S/C30H35N9O/c1-18-10-23(18)20-11-21-13-26(19(2)36-30-28-29(32-16-31-28)33-17-34-30)37-25(4-5-39-6-8-40-9-7-39)27(21)24(12-20)22-14-35-38(3)15-22/h11-19,23H,4-10H2,1-3H3,(H2,31,32,33,34,36)/t18?,19-,23-/m0/s1. The van der Waals surface area contributed by atoms with E-state index in [-0.39, 0.29) is 6.04 Å². The van der Waals surface area contributed by atoms with Crippen LogP contribution in [0.4, 0.5) is 5.82 Å². The molecule has 1 aliphatic heterocycles. The number of hydrogen-bond donors (Lipinski definition) is 2. The second-order valence-electron chi connectivity index (χ2n) is 11.3. The van der Waals surface area contributed by atoms with E-state index in [2.05, 4.69) is 73.5 Å². The third kappa shape index (κ3) is 4.82. The molecular weight excluding hydrogens is 502 g/mol. The fraction of sp³-hybridized carbons (Fsp3) is 0.433.